The van der Waals surface area contributed by atoms with E-state index in [2.05, 4.69) is 30.8 Å². The van der Waals surface area contributed by atoms with Crippen LogP contribution in [0.15, 0.2) is 102 Å². The van der Waals surface area contributed by atoms with Gasteiger partial charge in [-0.25, -0.2) is 13.1 Å². The Balaban J connectivity index is 0.00000500. The summed E-state index contributed by atoms with van der Waals surface area (Å²) in [6, 6.07) is 27.6. The summed E-state index contributed by atoms with van der Waals surface area (Å²) in [7, 11) is -3.99. The zero-order valence-corrected chi connectivity index (χ0v) is 28.8. The minimum Gasteiger partial charge on any atom is -0.344 e. The number of likely N-dealkylation sites (tertiary alicyclic amines) is 1. The Morgan fingerprint density at radius 3 is 2.09 bits per heavy atom. The SMILES string of the molecule is CC(C)(C)C(N)c1ccc(CC(NC(=O)CC(NS(=O)(=O)c2ccc3ccccc3c2)c2ccccc2)C(=O)N2CCCC2)cc1.Cl. The molecule has 8 nitrogen and oxygen atoms in total. The summed E-state index contributed by atoms with van der Waals surface area (Å²) in [5, 5.41) is 4.70. The first kappa shape index (κ1) is 36.1. The van der Waals surface area contributed by atoms with E-state index < -0.39 is 28.0 Å². The number of sulfonamides is 1. The second-order valence-corrected chi connectivity index (χ2v) is 15.0. The second kappa shape index (κ2) is 15.4. The van der Waals surface area contributed by atoms with E-state index >= 15 is 0 Å². The standard InChI is InChI=1S/C37H44N4O4S.ClH/c1-37(2,3)35(38)29-17-15-26(16-18-29)23-33(36(43)41-21-9-10-22-41)39-34(42)25-32(28-12-5-4-6-13-28)40-46(44,45)31-20-19-27-11-7-8-14-30(27)24-31;/h4-8,11-20,24,32-33,35,40H,9-10,21-23,25,38H2,1-3H3,(H,39,42);1H. The molecule has 3 atom stereocenters. The zero-order chi connectivity index (χ0) is 32.9. The smallest absolute Gasteiger partial charge is 0.245 e. The van der Waals surface area contributed by atoms with Crippen LogP contribution >= 0.6 is 12.4 Å². The van der Waals surface area contributed by atoms with Crippen molar-refractivity contribution in [2.24, 2.45) is 11.1 Å². The van der Waals surface area contributed by atoms with Crippen LogP contribution < -0.4 is 15.8 Å². The Morgan fingerprint density at radius 1 is 0.830 bits per heavy atom. The number of nitrogens with zero attached hydrogens (tertiary/aromatic N) is 1. The molecule has 0 aromatic heterocycles. The Labute approximate surface area is 284 Å². The van der Waals surface area contributed by atoms with Gasteiger partial charge in [-0.3, -0.25) is 9.59 Å². The molecule has 47 heavy (non-hydrogen) atoms. The van der Waals surface area contributed by atoms with Crippen LogP contribution in [-0.2, 0) is 26.0 Å². The maximum atomic E-state index is 13.7. The number of benzene rings is 4. The van der Waals surface area contributed by atoms with Crippen LogP contribution in [-0.4, -0.2) is 44.3 Å². The monoisotopic (exact) mass is 676 g/mol. The highest BCUT2D eigenvalue weighted by Crippen LogP contribution is 2.30. The normalized spacial score (nSPS) is 15.4. The highest BCUT2D eigenvalue weighted by atomic mass is 35.5. The van der Waals surface area contributed by atoms with Gasteiger partial charge in [0.25, 0.3) is 0 Å². The molecule has 4 aromatic rings. The Morgan fingerprint density at radius 2 is 1.45 bits per heavy atom. The third-order valence-electron chi connectivity index (χ3n) is 8.68. The van der Waals surface area contributed by atoms with Crippen LogP contribution in [0, 0.1) is 5.41 Å². The molecule has 3 unspecified atom stereocenters. The number of nitrogens with two attached hydrogens (primary N) is 1. The molecule has 1 heterocycles. The molecule has 4 N–H and O–H groups in total. The van der Waals surface area contributed by atoms with Gasteiger partial charge >= 0.3 is 0 Å². The molecule has 5 rings (SSSR count). The largest absolute Gasteiger partial charge is 0.344 e. The lowest BCUT2D eigenvalue weighted by Gasteiger charge is -2.28. The third-order valence-corrected chi connectivity index (χ3v) is 10.2. The summed E-state index contributed by atoms with van der Waals surface area (Å²) in [4.78, 5) is 29.2. The molecule has 0 aliphatic carbocycles. The third kappa shape index (κ3) is 9.20. The van der Waals surface area contributed by atoms with E-state index in [1.165, 1.54) is 0 Å². The predicted molar refractivity (Wildman–Crippen MR) is 190 cm³/mol. The van der Waals surface area contributed by atoms with Crippen LogP contribution in [0.3, 0.4) is 0 Å². The van der Waals surface area contributed by atoms with Gasteiger partial charge < -0.3 is 16.0 Å². The average Bonchev–Trinajstić information content (AvgIpc) is 3.59. The molecular formula is C37H45ClN4O4S. The number of halogens is 1. The van der Waals surface area contributed by atoms with Gasteiger partial charge in [0.15, 0.2) is 0 Å². The van der Waals surface area contributed by atoms with Crippen molar-refractivity contribution in [1.29, 1.82) is 0 Å². The van der Waals surface area contributed by atoms with Gasteiger partial charge in [0, 0.05) is 32.0 Å². The lowest BCUT2D eigenvalue weighted by atomic mass is 9.83. The molecule has 1 saturated heterocycles. The quantitative estimate of drug-likeness (QED) is 0.178. The van der Waals surface area contributed by atoms with Crippen LogP contribution in [0.5, 0.6) is 0 Å². The highest BCUT2D eigenvalue weighted by Gasteiger charge is 2.30. The molecule has 1 fully saturated rings. The highest BCUT2D eigenvalue weighted by molar-refractivity contribution is 7.89. The molecule has 2 amide bonds. The van der Waals surface area contributed by atoms with Crippen LogP contribution in [0.2, 0.25) is 0 Å². The number of amides is 2. The van der Waals surface area contributed by atoms with Crippen LogP contribution in [0.25, 0.3) is 10.8 Å². The summed E-state index contributed by atoms with van der Waals surface area (Å²) in [6.45, 7) is 7.59. The number of nitrogens with one attached hydrogen (secondary N) is 2. The number of carbonyl (C=O) groups is 2. The number of hydrogen-bond donors (Lipinski definition) is 3. The fraction of sp³-hybridized carbons (Fsp3) is 0.351. The molecule has 4 aromatic carbocycles. The fourth-order valence-corrected chi connectivity index (χ4v) is 7.16. The first-order valence-corrected chi connectivity index (χ1v) is 17.4. The van der Waals surface area contributed by atoms with E-state index in [4.69, 9.17) is 5.73 Å². The summed E-state index contributed by atoms with van der Waals surface area (Å²) < 4.78 is 30.0. The van der Waals surface area contributed by atoms with Crippen LogP contribution in [0.4, 0.5) is 0 Å². The molecule has 1 aliphatic rings. The molecule has 1 aliphatic heterocycles. The van der Waals surface area contributed by atoms with Gasteiger partial charge in [0.1, 0.15) is 6.04 Å². The van der Waals surface area contributed by atoms with Crippen molar-refractivity contribution in [1.82, 2.24) is 14.9 Å². The molecule has 0 bridgehead atoms. The molecular weight excluding hydrogens is 632 g/mol. The Hall–Kier alpha value is -3.76. The van der Waals surface area contributed by atoms with Crippen LogP contribution in [0.1, 0.15) is 68.8 Å². The molecule has 10 heteroatoms. The van der Waals surface area contributed by atoms with E-state index in [9.17, 15) is 18.0 Å². The molecule has 0 saturated carbocycles. The number of carbonyl (C=O) groups excluding carboxylic acids is 2. The molecule has 250 valence electrons. The van der Waals surface area contributed by atoms with Gasteiger partial charge in [-0.15, -0.1) is 12.4 Å². The van der Waals surface area contributed by atoms with Crippen molar-refractivity contribution in [2.75, 3.05) is 13.1 Å². The van der Waals surface area contributed by atoms with E-state index in [1.807, 2.05) is 54.6 Å². The maximum absolute atomic E-state index is 13.7. The van der Waals surface area contributed by atoms with E-state index in [1.54, 1.807) is 47.4 Å². The van der Waals surface area contributed by atoms with Gasteiger partial charge in [-0.05, 0) is 57.9 Å². The van der Waals surface area contributed by atoms with Gasteiger partial charge in [-0.2, -0.15) is 0 Å². The first-order chi connectivity index (χ1) is 21.9. The van der Waals surface area contributed by atoms with E-state index in [-0.39, 0.29) is 41.1 Å². The first-order valence-electron chi connectivity index (χ1n) is 15.9. The fourth-order valence-electron chi connectivity index (χ4n) is 5.90. The van der Waals surface area contributed by atoms with Crippen molar-refractivity contribution in [2.45, 2.75) is 69.5 Å². The Bertz CT molecular complexity index is 1770. The minimum atomic E-state index is -3.99. The number of hydrogen-bond acceptors (Lipinski definition) is 5. The van der Waals surface area contributed by atoms with E-state index in [0.29, 0.717) is 25.1 Å². The summed E-state index contributed by atoms with van der Waals surface area (Å²) in [6.07, 6.45) is 1.99. The maximum Gasteiger partial charge on any atom is 0.245 e. The summed E-state index contributed by atoms with van der Waals surface area (Å²) in [5.74, 6) is -0.548. The lowest BCUT2D eigenvalue weighted by molar-refractivity contribution is -0.135. The Kier molecular flexibility index (Phi) is 11.8. The lowest BCUT2D eigenvalue weighted by Crippen LogP contribution is -2.49. The van der Waals surface area contributed by atoms with Gasteiger partial charge in [0.2, 0.25) is 21.8 Å². The van der Waals surface area contributed by atoms with Crippen molar-refractivity contribution in [3.63, 3.8) is 0 Å². The van der Waals surface area contributed by atoms with Gasteiger partial charge in [-0.1, -0.05) is 106 Å². The minimum absolute atomic E-state index is 0. The van der Waals surface area contributed by atoms with Crippen molar-refractivity contribution < 1.29 is 18.0 Å². The summed E-state index contributed by atoms with van der Waals surface area (Å²) in [5.41, 5.74) is 8.91. The van der Waals surface area contributed by atoms with Crippen molar-refractivity contribution in [3.8, 4) is 0 Å². The summed E-state index contributed by atoms with van der Waals surface area (Å²) >= 11 is 0. The predicted octanol–water partition coefficient (Wildman–Crippen LogP) is 6.07. The van der Waals surface area contributed by atoms with E-state index in [0.717, 1.165) is 34.7 Å². The van der Waals surface area contributed by atoms with Crippen molar-refractivity contribution in [3.05, 3.63) is 114 Å². The topological polar surface area (TPSA) is 122 Å². The molecule has 0 spiro atoms. The average molecular weight is 677 g/mol. The number of rotatable bonds is 11. The number of fused-ring (bicyclic) bond motifs is 1. The van der Waals surface area contributed by atoms with Gasteiger partial charge in [0.05, 0.1) is 10.9 Å². The second-order valence-electron chi connectivity index (χ2n) is 13.2. The van der Waals surface area contributed by atoms with Crippen molar-refractivity contribution >= 4 is 45.0 Å². The zero-order valence-electron chi connectivity index (χ0n) is 27.2. The molecule has 0 radical (unpaired) electrons.